The smallest absolute Gasteiger partial charge is 0.221 e. The van der Waals surface area contributed by atoms with Gasteiger partial charge in [0.1, 0.15) is 5.82 Å². The van der Waals surface area contributed by atoms with E-state index in [4.69, 9.17) is 5.73 Å². The zero-order valence-electron chi connectivity index (χ0n) is 10.7. The van der Waals surface area contributed by atoms with Crippen LogP contribution in [-0.2, 0) is 0 Å². The normalized spacial score (nSPS) is 16.5. The van der Waals surface area contributed by atoms with Crippen molar-refractivity contribution < 1.29 is 0 Å². The Labute approximate surface area is 112 Å². The lowest BCUT2D eigenvalue weighted by Gasteiger charge is -2.32. The molecule has 0 aromatic carbocycles. The lowest BCUT2D eigenvalue weighted by atomic mass is 9.90. The van der Waals surface area contributed by atoms with Crippen LogP contribution in [-0.4, -0.2) is 28.0 Å². The fourth-order valence-electron chi connectivity index (χ4n) is 2.62. The van der Waals surface area contributed by atoms with E-state index < -0.39 is 0 Å². The summed E-state index contributed by atoms with van der Waals surface area (Å²) in [5, 5.41) is 0. The number of nitrogens with zero attached hydrogens (tertiary/aromatic N) is 4. The zero-order chi connectivity index (χ0) is 13.1. The number of hydrogen-bond acceptors (Lipinski definition) is 5. The molecule has 3 rings (SSSR count). The van der Waals surface area contributed by atoms with Crippen LogP contribution >= 0.6 is 0 Å². The molecule has 1 fully saturated rings. The number of piperidine rings is 1. The van der Waals surface area contributed by atoms with Crippen molar-refractivity contribution in [2.75, 3.05) is 23.7 Å². The molecule has 0 saturated carbocycles. The molecule has 0 radical (unpaired) electrons. The van der Waals surface area contributed by atoms with Crippen LogP contribution in [0.1, 0.15) is 24.3 Å². The second-order valence-electron chi connectivity index (χ2n) is 4.81. The Morgan fingerprint density at radius 3 is 2.47 bits per heavy atom. The van der Waals surface area contributed by atoms with Crippen LogP contribution < -0.4 is 10.6 Å². The number of aromatic nitrogens is 3. The Bertz CT molecular complexity index is 535. The van der Waals surface area contributed by atoms with Crippen LogP contribution in [0.4, 0.5) is 11.8 Å². The van der Waals surface area contributed by atoms with Crippen LogP contribution in [0.2, 0.25) is 0 Å². The van der Waals surface area contributed by atoms with Gasteiger partial charge in [-0.05, 0) is 42.5 Å². The molecule has 5 nitrogen and oxygen atoms in total. The summed E-state index contributed by atoms with van der Waals surface area (Å²) in [6.45, 7) is 2.01. The second kappa shape index (κ2) is 5.22. The third-order valence-electron chi connectivity index (χ3n) is 3.66. The van der Waals surface area contributed by atoms with Crippen LogP contribution in [0, 0.1) is 0 Å². The highest BCUT2D eigenvalue weighted by Crippen LogP contribution is 2.29. The first-order valence-electron chi connectivity index (χ1n) is 6.56. The van der Waals surface area contributed by atoms with Gasteiger partial charge in [-0.15, -0.1) is 0 Å². The quantitative estimate of drug-likeness (QED) is 0.886. The largest absolute Gasteiger partial charge is 0.368 e. The predicted molar refractivity (Wildman–Crippen MR) is 74.9 cm³/mol. The Morgan fingerprint density at radius 1 is 1.05 bits per heavy atom. The predicted octanol–water partition coefficient (Wildman–Crippen LogP) is 1.84. The van der Waals surface area contributed by atoms with Gasteiger partial charge in [-0.3, -0.25) is 4.98 Å². The molecule has 3 heterocycles. The van der Waals surface area contributed by atoms with Crippen molar-refractivity contribution in [3.8, 4) is 0 Å². The van der Waals surface area contributed by atoms with E-state index in [2.05, 4.69) is 32.0 Å². The van der Waals surface area contributed by atoms with Crippen molar-refractivity contribution >= 4 is 11.8 Å². The summed E-state index contributed by atoms with van der Waals surface area (Å²) < 4.78 is 0. The van der Waals surface area contributed by atoms with Crippen LogP contribution in [0.5, 0.6) is 0 Å². The van der Waals surface area contributed by atoms with Gasteiger partial charge < -0.3 is 10.6 Å². The van der Waals surface area contributed by atoms with Gasteiger partial charge in [0.15, 0.2) is 0 Å². The monoisotopic (exact) mass is 255 g/mol. The molecule has 19 heavy (non-hydrogen) atoms. The maximum Gasteiger partial charge on any atom is 0.221 e. The topological polar surface area (TPSA) is 67.9 Å². The summed E-state index contributed by atoms with van der Waals surface area (Å²) in [7, 11) is 0. The van der Waals surface area contributed by atoms with E-state index in [0.29, 0.717) is 11.9 Å². The molecule has 1 aliphatic heterocycles. The minimum Gasteiger partial charge on any atom is -0.368 e. The Hall–Kier alpha value is -2.17. The van der Waals surface area contributed by atoms with Gasteiger partial charge in [0, 0.05) is 31.7 Å². The SMILES string of the molecule is Nc1nccc(N2CCC(c3ccncc3)CC2)n1. The molecule has 0 unspecified atom stereocenters. The third kappa shape index (κ3) is 2.65. The van der Waals surface area contributed by atoms with E-state index in [1.807, 2.05) is 18.5 Å². The molecule has 1 aliphatic rings. The Morgan fingerprint density at radius 2 is 1.79 bits per heavy atom. The second-order valence-corrected chi connectivity index (χ2v) is 4.81. The van der Waals surface area contributed by atoms with Gasteiger partial charge in [-0.2, -0.15) is 4.98 Å². The van der Waals surface area contributed by atoms with Crippen molar-refractivity contribution in [2.24, 2.45) is 0 Å². The van der Waals surface area contributed by atoms with Crippen molar-refractivity contribution in [3.05, 3.63) is 42.4 Å². The number of anilines is 2. The third-order valence-corrected chi connectivity index (χ3v) is 3.66. The summed E-state index contributed by atoms with van der Waals surface area (Å²) in [5.74, 6) is 1.90. The maximum atomic E-state index is 5.63. The van der Waals surface area contributed by atoms with Crippen molar-refractivity contribution in [3.63, 3.8) is 0 Å². The fraction of sp³-hybridized carbons (Fsp3) is 0.357. The number of rotatable bonds is 2. The minimum atomic E-state index is 0.341. The summed E-state index contributed by atoms with van der Waals surface area (Å²) in [4.78, 5) is 14.6. The number of pyridine rings is 1. The molecule has 2 N–H and O–H groups in total. The molecule has 0 bridgehead atoms. The van der Waals surface area contributed by atoms with Gasteiger partial charge in [0.05, 0.1) is 0 Å². The highest BCUT2D eigenvalue weighted by molar-refractivity contribution is 5.41. The van der Waals surface area contributed by atoms with Crippen molar-refractivity contribution in [2.45, 2.75) is 18.8 Å². The molecule has 0 aliphatic carbocycles. The highest BCUT2D eigenvalue weighted by atomic mass is 15.2. The molecule has 2 aromatic heterocycles. The van der Waals surface area contributed by atoms with E-state index in [0.717, 1.165) is 31.7 Å². The van der Waals surface area contributed by atoms with E-state index >= 15 is 0 Å². The van der Waals surface area contributed by atoms with Crippen LogP contribution in [0.25, 0.3) is 0 Å². The molecule has 98 valence electrons. The van der Waals surface area contributed by atoms with Gasteiger partial charge >= 0.3 is 0 Å². The molecule has 1 saturated heterocycles. The minimum absolute atomic E-state index is 0.341. The highest BCUT2D eigenvalue weighted by Gasteiger charge is 2.21. The first-order valence-corrected chi connectivity index (χ1v) is 6.56. The zero-order valence-corrected chi connectivity index (χ0v) is 10.7. The molecular weight excluding hydrogens is 238 g/mol. The standard InChI is InChI=1S/C14H17N5/c15-14-17-8-3-13(18-14)19-9-4-12(5-10-19)11-1-6-16-7-2-11/h1-3,6-8,12H,4-5,9-10H2,(H2,15,17,18). The first kappa shape index (κ1) is 11.9. The van der Waals surface area contributed by atoms with Gasteiger partial charge in [0.25, 0.3) is 0 Å². The van der Waals surface area contributed by atoms with Gasteiger partial charge in [-0.25, -0.2) is 4.98 Å². The Balaban J connectivity index is 1.67. The average molecular weight is 255 g/mol. The average Bonchev–Trinajstić information content (AvgIpc) is 2.48. The van der Waals surface area contributed by atoms with Gasteiger partial charge in [-0.1, -0.05) is 0 Å². The van der Waals surface area contributed by atoms with Crippen LogP contribution in [0.3, 0.4) is 0 Å². The number of hydrogen-bond donors (Lipinski definition) is 1. The number of nitrogens with two attached hydrogens (primary N) is 1. The van der Waals surface area contributed by atoms with Gasteiger partial charge in [0.2, 0.25) is 5.95 Å². The molecule has 0 spiro atoms. The van der Waals surface area contributed by atoms with E-state index in [1.165, 1.54) is 5.56 Å². The molecule has 5 heteroatoms. The summed E-state index contributed by atoms with van der Waals surface area (Å²) in [6.07, 6.45) is 7.72. The molecule has 0 atom stereocenters. The lowest BCUT2D eigenvalue weighted by Crippen LogP contribution is -2.33. The van der Waals surface area contributed by atoms with E-state index in [9.17, 15) is 0 Å². The Kier molecular flexibility index (Phi) is 3.27. The lowest BCUT2D eigenvalue weighted by molar-refractivity contribution is 0.502. The summed E-state index contributed by atoms with van der Waals surface area (Å²) in [6, 6.07) is 6.15. The van der Waals surface area contributed by atoms with Crippen LogP contribution in [0.15, 0.2) is 36.8 Å². The molecule has 0 amide bonds. The van der Waals surface area contributed by atoms with E-state index in [-0.39, 0.29) is 0 Å². The first-order chi connectivity index (χ1) is 9.33. The summed E-state index contributed by atoms with van der Waals surface area (Å²) in [5.41, 5.74) is 7.01. The molecule has 2 aromatic rings. The molecular formula is C14H17N5. The van der Waals surface area contributed by atoms with E-state index in [1.54, 1.807) is 6.20 Å². The van der Waals surface area contributed by atoms with Crippen molar-refractivity contribution in [1.82, 2.24) is 15.0 Å². The maximum absolute atomic E-state index is 5.63. The van der Waals surface area contributed by atoms with Crippen molar-refractivity contribution in [1.29, 1.82) is 0 Å². The summed E-state index contributed by atoms with van der Waals surface area (Å²) >= 11 is 0. The fourth-order valence-corrected chi connectivity index (χ4v) is 2.62. The number of nitrogen functional groups attached to an aromatic ring is 1.